The van der Waals surface area contributed by atoms with Gasteiger partial charge in [0.15, 0.2) is 0 Å². The van der Waals surface area contributed by atoms with Crippen molar-refractivity contribution in [2.24, 2.45) is 29.1 Å². The average molecular weight is 699 g/mol. The maximum absolute atomic E-state index is 13.1. The number of carbonyl (C=O) groups excluding carboxylic acids is 1. The van der Waals surface area contributed by atoms with Gasteiger partial charge in [-0.2, -0.15) is 5.48 Å². The number of hydroxylamine groups is 1. The summed E-state index contributed by atoms with van der Waals surface area (Å²) in [6.07, 6.45) is 8.29. The Bertz CT molecular complexity index is 1110. The lowest BCUT2D eigenvalue weighted by atomic mass is 9.75. The van der Waals surface area contributed by atoms with Crippen molar-refractivity contribution in [3.63, 3.8) is 0 Å². The first-order chi connectivity index (χ1) is 23.3. The highest BCUT2D eigenvalue weighted by Gasteiger charge is 2.49. The number of rotatable bonds is 16. The lowest BCUT2D eigenvalue weighted by Crippen LogP contribution is -2.52. The maximum atomic E-state index is 13.1. The summed E-state index contributed by atoms with van der Waals surface area (Å²) in [5.41, 5.74) is 2.78. The van der Waals surface area contributed by atoms with Crippen LogP contribution >= 0.6 is 0 Å². The molecule has 4 saturated carbocycles. The molecule has 0 aromatic carbocycles. The average Bonchev–Trinajstić information content (AvgIpc) is 3.07. The number of hydrogen-bond donors (Lipinski definition) is 4. The van der Waals surface area contributed by atoms with Crippen LogP contribution in [0.4, 0.5) is 0 Å². The molecule has 4 N–H and O–H groups in total. The molecule has 16 heteroatoms. The maximum Gasteiger partial charge on any atom is 0.307 e. The molecule has 0 spiro atoms. The minimum atomic E-state index is -1.18. The van der Waals surface area contributed by atoms with Crippen LogP contribution in [0.25, 0.3) is 0 Å². The van der Waals surface area contributed by atoms with Crippen LogP contribution in [0.15, 0.2) is 0 Å². The second-order valence-electron chi connectivity index (χ2n) is 15.3. The molecule has 6 atom stereocenters. The minimum Gasteiger partial charge on any atom is -0.481 e. The standard InChI is InChI=1S/C33H54N4O12/c1-33(2,18-47-22-13-9-20(10-14-22)34-30(38)29-25(32(41)42)6-4-8-28(29)37(45)46)19-48-23-15-11-21(12-16-23)35-49-17-26-24(31(39)40)5-3-7-27(26)36(43)44/h20-29,35H,3-19H2,1-2H3,(H,34,38)(H,39,40)(H,41,42). The quantitative estimate of drug-likeness (QED) is 0.134. The monoisotopic (exact) mass is 698 g/mol. The van der Waals surface area contributed by atoms with Gasteiger partial charge in [0.2, 0.25) is 18.0 Å². The van der Waals surface area contributed by atoms with Crippen molar-refractivity contribution in [3.05, 3.63) is 20.2 Å². The van der Waals surface area contributed by atoms with E-state index in [-0.39, 0.29) is 54.1 Å². The van der Waals surface area contributed by atoms with Crippen LogP contribution in [0, 0.1) is 49.3 Å². The molecule has 1 amide bonds. The number of nitrogens with zero attached hydrogens (tertiary/aromatic N) is 2. The molecule has 0 heterocycles. The zero-order valence-corrected chi connectivity index (χ0v) is 28.7. The number of carboxylic acid groups (broad SMARTS) is 2. The third-order valence-corrected chi connectivity index (χ3v) is 11.0. The van der Waals surface area contributed by atoms with Crippen molar-refractivity contribution in [2.45, 2.75) is 140 Å². The molecule has 0 bridgehead atoms. The summed E-state index contributed by atoms with van der Waals surface area (Å²) in [7, 11) is 0. The fourth-order valence-electron chi connectivity index (χ4n) is 8.09. The summed E-state index contributed by atoms with van der Waals surface area (Å²) >= 11 is 0. The highest BCUT2D eigenvalue weighted by Crippen LogP contribution is 2.35. The van der Waals surface area contributed by atoms with E-state index in [1.54, 1.807) is 0 Å². The van der Waals surface area contributed by atoms with Gasteiger partial charge in [-0.15, -0.1) is 0 Å². The number of amides is 1. The van der Waals surface area contributed by atoms with Crippen molar-refractivity contribution < 1.29 is 48.8 Å². The molecule has 0 radical (unpaired) electrons. The first-order valence-corrected chi connectivity index (χ1v) is 17.9. The Morgan fingerprint density at radius 3 is 1.71 bits per heavy atom. The minimum absolute atomic E-state index is 0.0123. The molecule has 278 valence electrons. The van der Waals surface area contributed by atoms with Crippen LogP contribution in [0.3, 0.4) is 0 Å². The second kappa shape index (κ2) is 17.8. The molecule has 0 aliphatic heterocycles. The van der Waals surface area contributed by atoms with Crippen LogP contribution in [-0.2, 0) is 28.7 Å². The van der Waals surface area contributed by atoms with Gasteiger partial charge >= 0.3 is 11.9 Å². The molecule has 4 aliphatic carbocycles. The molecule has 4 aliphatic rings. The summed E-state index contributed by atoms with van der Waals surface area (Å²) in [4.78, 5) is 64.3. The number of hydrogen-bond acceptors (Lipinski definition) is 11. The van der Waals surface area contributed by atoms with E-state index in [9.17, 15) is 44.8 Å². The molecular formula is C33H54N4O12. The highest BCUT2D eigenvalue weighted by molar-refractivity contribution is 5.85. The Hall–Kier alpha value is -2.95. The Kier molecular flexibility index (Phi) is 14.1. The highest BCUT2D eigenvalue weighted by atomic mass is 16.7. The van der Waals surface area contributed by atoms with E-state index in [2.05, 4.69) is 24.6 Å². The van der Waals surface area contributed by atoms with Crippen molar-refractivity contribution in [3.8, 4) is 0 Å². The van der Waals surface area contributed by atoms with Gasteiger partial charge in [0.25, 0.3) is 0 Å². The molecule has 6 unspecified atom stereocenters. The molecule has 4 fully saturated rings. The predicted octanol–water partition coefficient (Wildman–Crippen LogP) is 3.60. The molecule has 0 saturated heterocycles. The molecule has 0 aromatic rings. The van der Waals surface area contributed by atoms with Gasteiger partial charge in [-0.05, 0) is 77.0 Å². The molecule has 49 heavy (non-hydrogen) atoms. The Morgan fingerprint density at radius 2 is 1.20 bits per heavy atom. The number of carbonyl (C=O) groups is 3. The number of nitrogens with one attached hydrogen (secondary N) is 2. The number of aliphatic carboxylic acids is 2. The van der Waals surface area contributed by atoms with Crippen molar-refractivity contribution >= 4 is 17.8 Å². The molecular weight excluding hydrogens is 644 g/mol. The van der Waals surface area contributed by atoms with Crippen LogP contribution in [0.1, 0.15) is 104 Å². The van der Waals surface area contributed by atoms with Crippen molar-refractivity contribution in [1.29, 1.82) is 0 Å². The molecule has 16 nitrogen and oxygen atoms in total. The van der Waals surface area contributed by atoms with E-state index in [1.807, 2.05) is 0 Å². The summed E-state index contributed by atoms with van der Waals surface area (Å²) in [5.74, 6) is -6.37. The zero-order chi connectivity index (χ0) is 35.7. The van der Waals surface area contributed by atoms with Gasteiger partial charge in [-0.3, -0.25) is 34.6 Å². The van der Waals surface area contributed by atoms with Gasteiger partial charge in [0.1, 0.15) is 5.92 Å². The largest absolute Gasteiger partial charge is 0.481 e. The van der Waals surface area contributed by atoms with Gasteiger partial charge in [0.05, 0.1) is 49.8 Å². The van der Waals surface area contributed by atoms with E-state index in [1.165, 1.54) is 0 Å². The van der Waals surface area contributed by atoms with E-state index in [4.69, 9.17) is 14.3 Å². The summed E-state index contributed by atoms with van der Waals surface area (Å²) in [6.45, 7) is 5.17. The SMILES string of the molecule is CC(C)(COC1CCC(NOCC2C(C(=O)O)CCCC2[N+](=O)[O-])CC1)COC1CCC(NC(=O)C2C(C(=O)O)CCCC2[N+](=O)[O-])CC1. The van der Waals surface area contributed by atoms with Crippen molar-refractivity contribution in [1.82, 2.24) is 10.8 Å². The van der Waals surface area contributed by atoms with Crippen LogP contribution in [-0.4, -0.2) is 94.1 Å². The second-order valence-corrected chi connectivity index (χ2v) is 15.3. The van der Waals surface area contributed by atoms with Gasteiger partial charge < -0.3 is 29.8 Å². The third-order valence-electron chi connectivity index (χ3n) is 11.0. The normalized spacial score (nSPS) is 34.1. The first kappa shape index (κ1) is 38.8. The summed E-state index contributed by atoms with van der Waals surface area (Å²) in [6, 6.07) is -2.20. The molecule has 4 rings (SSSR count). The topological polar surface area (TPSA) is 230 Å². The van der Waals surface area contributed by atoms with E-state index in [0.717, 1.165) is 38.5 Å². The van der Waals surface area contributed by atoms with Gasteiger partial charge in [-0.25, -0.2) is 0 Å². The lowest BCUT2D eigenvalue weighted by molar-refractivity contribution is -0.538. The number of ether oxygens (including phenoxy) is 2. The van der Waals surface area contributed by atoms with E-state index >= 15 is 0 Å². The Labute approximate surface area is 286 Å². The Morgan fingerprint density at radius 1 is 0.714 bits per heavy atom. The third kappa shape index (κ3) is 11.0. The predicted molar refractivity (Wildman–Crippen MR) is 174 cm³/mol. The first-order valence-electron chi connectivity index (χ1n) is 17.9. The van der Waals surface area contributed by atoms with Crippen LogP contribution < -0.4 is 10.8 Å². The number of carboxylic acids is 2. The van der Waals surface area contributed by atoms with Crippen LogP contribution in [0.2, 0.25) is 0 Å². The summed E-state index contributed by atoms with van der Waals surface area (Å²) in [5, 5.41) is 45.1. The van der Waals surface area contributed by atoms with Crippen molar-refractivity contribution in [2.75, 3.05) is 19.8 Å². The lowest BCUT2D eigenvalue weighted by Gasteiger charge is -2.35. The Balaban J connectivity index is 1.11. The van der Waals surface area contributed by atoms with Gasteiger partial charge in [0, 0.05) is 40.2 Å². The smallest absolute Gasteiger partial charge is 0.307 e. The molecule has 0 aromatic heterocycles. The van der Waals surface area contributed by atoms with E-state index < -0.39 is 58.5 Å². The number of nitro groups is 2. The fourth-order valence-corrected chi connectivity index (χ4v) is 8.09. The summed E-state index contributed by atoms with van der Waals surface area (Å²) < 4.78 is 12.5. The fraction of sp³-hybridized carbons (Fsp3) is 0.909. The van der Waals surface area contributed by atoms with Gasteiger partial charge in [-0.1, -0.05) is 13.8 Å². The van der Waals surface area contributed by atoms with Crippen LogP contribution in [0.5, 0.6) is 0 Å². The van der Waals surface area contributed by atoms with E-state index in [0.29, 0.717) is 51.7 Å². The zero-order valence-electron chi connectivity index (χ0n) is 28.7.